The summed E-state index contributed by atoms with van der Waals surface area (Å²) in [6.45, 7) is 0.766. The predicted octanol–water partition coefficient (Wildman–Crippen LogP) is 3.36. The maximum atomic E-state index is 11.5. The first kappa shape index (κ1) is 16.0. The van der Waals surface area contributed by atoms with Gasteiger partial charge in [-0.05, 0) is 58.9 Å². The van der Waals surface area contributed by atoms with Gasteiger partial charge in [0.2, 0.25) is 0 Å². The molecule has 0 aromatic heterocycles. The second kappa shape index (κ2) is 6.60. The van der Waals surface area contributed by atoms with Crippen molar-refractivity contribution in [1.29, 1.82) is 0 Å². The Morgan fingerprint density at radius 3 is 2.57 bits per heavy atom. The molecule has 0 fully saturated rings. The van der Waals surface area contributed by atoms with Crippen LogP contribution in [0.15, 0.2) is 51.8 Å². The Bertz CT molecular complexity index is 744. The van der Waals surface area contributed by atoms with Gasteiger partial charge in [-0.1, -0.05) is 12.1 Å². The number of hydrogen-bond donors (Lipinski definition) is 1. The van der Waals surface area contributed by atoms with Crippen LogP contribution in [0.3, 0.4) is 0 Å². The first-order valence-electron chi connectivity index (χ1n) is 6.31. The van der Waals surface area contributed by atoms with Crippen LogP contribution in [-0.4, -0.2) is 21.7 Å². The highest BCUT2D eigenvalue weighted by molar-refractivity contribution is 9.10. The van der Waals surface area contributed by atoms with E-state index in [0.29, 0.717) is 11.5 Å². The highest BCUT2D eigenvalue weighted by Crippen LogP contribution is 2.31. The number of rotatable bonds is 5. The molecule has 0 aliphatic rings. The van der Waals surface area contributed by atoms with E-state index >= 15 is 0 Å². The van der Waals surface area contributed by atoms with Crippen molar-refractivity contribution < 1.29 is 13.2 Å². The summed E-state index contributed by atoms with van der Waals surface area (Å²) in [5.41, 5.74) is 1.13. The van der Waals surface area contributed by atoms with E-state index < -0.39 is 9.84 Å². The Hall–Kier alpha value is -1.37. The standard InChI is InChI=1S/C15H16BrNO3S/c1-17-10-11-6-7-15(14(16)8-11)20-12-4-3-5-13(9-12)21(2,18)19/h3-9,17H,10H2,1-2H3. The van der Waals surface area contributed by atoms with Gasteiger partial charge in [-0.25, -0.2) is 8.42 Å². The van der Waals surface area contributed by atoms with Crippen LogP contribution in [0.25, 0.3) is 0 Å². The van der Waals surface area contributed by atoms with Crippen molar-refractivity contribution in [3.63, 3.8) is 0 Å². The molecule has 0 bridgehead atoms. The van der Waals surface area contributed by atoms with Gasteiger partial charge in [0.1, 0.15) is 11.5 Å². The van der Waals surface area contributed by atoms with Crippen molar-refractivity contribution in [1.82, 2.24) is 5.32 Å². The van der Waals surface area contributed by atoms with Crippen molar-refractivity contribution in [3.05, 3.63) is 52.5 Å². The molecule has 2 aromatic rings. The Kier molecular flexibility index (Phi) is 5.03. The number of nitrogens with one attached hydrogen (secondary N) is 1. The predicted molar refractivity (Wildman–Crippen MR) is 86.5 cm³/mol. The number of hydrogen-bond acceptors (Lipinski definition) is 4. The van der Waals surface area contributed by atoms with E-state index in [1.807, 2.05) is 25.2 Å². The van der Waals surface area contributed by atoms with Gasteiger partial charge in [0.15, 0.2) is 9.84 Å². The summed E-state index contributed by atoms with van der Waals surface area (Å²) in [5.74, 6) is 1.13. The summed E-state index contributed by atoms with van der Waals surface area (Å²) in [5, 5.41) is 3.08. The molecule has 21 heavy (non-hydrogen) atoms. The number of sulfone groups is 1. The van der Waals surface area contributed by atoms with Gasteiger partial charge in [0.25, 0.3) is 0 Å². The van der Waals surface area contributed by atoms with Crippen molar-refractivity contribution in [3.8, 4) is 11.5 Å². The lowest BCUT2D eigenvalue weighted by molar-refractivity contribution is 0.477. The molecule has 0 spiro atoms. The quantitative estimate of drug-likeness (QED) is 0.877. The summed E-state index contributed by atoms with van der Waals surface area (Å²) >= 11 is 3.46. The second-order valence-electron chi connectivity index (χ2n) is 4.64. The highest BCUT2D eigenvalue weighted by Gasteiger charge is 2.09. The van der Waals surface area contributed by atoms with Crippen LogP contribution in [0.5, 0.6) is 11.5 Å². The minimum atomic E-state index is -3.24. The lowest BCUT2D eigenvalue weighted by Crippen LogP contribution is -2.04. The molecular formula is C15H16BrNO3S. The molecule has 2 rings (SSSR count). The highest BCUT2D eigenvalue weighted by atomic mass is 79.9. The molecule has 112 valence electrons. The van der Waals surface area contributed by atoms with Crippen LogP contribution in [0.1, 0.15) is 5.56 Å². The maximum absolute atomic E-state index is 11.5. The van der Waals surface area contributed by atoms with Crippen molar-refractivity contribution in [2.24, 2.45) is 0 Å². The summed E-state index contributed by atoms with van der Waals surface area (Å²) in [7, 11) is -1.36. The fourth-order valence-electron chi connectivity index (χ4n) is 1.84. The molecule has 0 amide bonds. The molecule has 0 atom stereocenters. The zero-order valence-corrected chi connectivity index (χ0v) is 14.2. The zero-order valence-electron chi connectivity index (χ0n) is 11.8. The van der Waals surface area contributed by atoms with E-state index in [-0.39, 0.29) is 4.90 Å². The lowest BCUT2D eigenvalue weighted by Gasteiger charge is -2.10. The van der Waals surface area contributed by atoms with Crippen molar-refractivity contribution in [2.45, 2.75) is 11.4 Å². The van der Waals surface area contributed by atoms with E-state index in [1.165, 1.54) is 12.3 Å². The molecule has 6 heteroatoms. The van der Waals surface area contributed by atoms with E-state index in [4.69, 9.17) is 4.74 Å². The minimum Gasteiger partial charge on any atom is -0.456 e. The number of ether oxygens (including phenoxy) is 1. The summed E-state index contributed by atoms with van der Waals surface area (Å²) in [6.07, 6.45) is 1.18. The number of halogens is 1. The van der Waals surface area contributed by atoms with E-state index in [2.05, 4.69) is 21.2 Å². The van der Waals surface area contributed by atoms with Gasteiger partial charge < -0.3 is 10.1 Å². The Morgan fingerprint density at radius 1 is 1.19 bits per heavy atom. The lowest BCUT2D eigenvalue weighted by atomic mass is 10.2. The number of benzene rings is 2. The van der Waals surface area contributed by atoms with Gasteiger partial charge >= 0.3 is 0 Å². The largest absolute Gasteiger partial charge is 0.456 e. The van der Waals surface area contributed by atoms with Crippen LogP contribution in [0.2, 0.25) is 0 Å². The van der Waals surface area contributed by atoms with Crippen LogP contribution >= 0.6 is 15.9 Å². The van der Waals surface area contributed by atoms with E-state index in [1.54, 1.807) is 18.2 Å². The van der Waals surface area contributed by atoms with Crippen molar-refractivity contribution in [2.75, 3.05) is 13.3 Å². The summed E-state index contributed by atoms with van der Waals surface area (Å²) in [4.78, 5) is 0.239. The average Bonchev–Trinajstić information content (AvgIpc) is 2.42. The Balaban J connectivity index is 2.26. The van der Waals surface area contributed by atoms with Gasteiger partial charge in [-0.15, -0.1) is 0 Å². The molecule has 2 aromatic carbocycles. The average molecular weight is 370 g/mol. The fourth-order valence-corrected chi connectivity index (χ4v) is 3.00. The third-order valence-electron chi connectivity index (χ3n) is 2.84. The molecular weight excluding hydrogens is 354 g/mol. The molecule has 0 aliphatic carbocycles. The minimum absolute atomic E-state index is 0.239. The molecule has 4 nitrogen and oxygen atoms in total. The second-order valence-corrected chi connectivity index (χ2v) is 7.51. The third-order valence-corrected chi connectivity index (χ3v) is 4.57. The van der Waals surface area contributed by atoms with Crippen LogP contribution < -0.4 is 10.1 Å². The smallest absolute Gasteiger partial charge is 0.175 e. The van der Waals surface area contributed by atoms with Gasteiger partial charge in [0, 0.05) is 12.8 Å². The molecule has 1 N–H and O–H groups in total. The van der Waals surface area contributed by atoms with E-state index in [0.717, 1.165) is 16.6 Å². The molecule has 0 saturated heterocycles. The van der Waals surface area contributed by atoms with Crippen LogP contribution in [-0.2, 0) is 16.4 Å². The molecule has 0 radical (unpaired) electrons. The first-order valence-corrected chi connectivity index (χ1v) is 8.99. The molecule has 0 unspecified atom stereocenters. The summed E-state index contributed by atoms with van der Waals surface area (Å²) in [6, 6.07) is 12.2. The topological polar surface area (TPSA) is 55.4 Å². The van der Waals surface area contributed by atoms with Gasteiger partial charge in [-0.2, -0.15) is 0 Å². The third kappa shape index (κ3) is 4.30. The van der Waals surface area contributed by atoms with Gasteiger partial charge in [-0.3, -0.25) is 0 Å². The van der Waals surface area contributed by atoms with Crippen molar-refractivity contribution >= 4 is 25.8 Å². The van der Waals surface area contributed by atoms with Gasteiger partial charge in [0.05, 0.1) is 9.37 Å². The molecule has 0 aliphatic heterocycles. The fraction of sp³-hybridized carbons (Fsp3) is 0.200. The maximum Gasteiger partial charge on any atom is 0.175 e. The Labute approximate surface area is 133 Å². The normalized spacial score (nSPS) is 11.4. The molecule has 0 saturated carbocycles. The first-order chi connectivity index (χ1) is 9.90. The SMILES string of the molecule is CNCc1ccc(Oc2cccc(S(C)(=O)=O)c2)c(Br)c1. The zero-order chi connectivity index (χ0) is 15.5. The van der Waals surface area contributed by atoms with Crippen LogP contribution in [0, 0.1) is 0 Å². The molecule has 0 heterocycles. The monoisotopic (exact) mass is 369 g/mol. The Morgan fingerprint density at radius 2 is 1.95 bits per heavy atom. The van der Waals surface area contributed by atoms with Crippen LogP contribution in [0.4, 0.5) is 0 Å². The van der Waals surface area contributed by atoms with E-state index in [9.17, 15) is 8.42 Å². The summed E-state index contributed by atoms with van der Waals surface area (Å²) < 4.78 is 29.7.